The Morgan fingerprint density at radius 2 is 1.48 bits per heavy atom. The largest absolute Gasteiger partial charge is 0.422 e. The zero-order valence-electron chi connectivity index (χ0n) is 11.2. The molecule has 1 heterocycles. The molecular weight excluding hydrogens is 260 g/mol. The third-order valence-electron chi connectivity index (χ3n) is 3.69. The molecule has 1 aromatic heterocycles. The van der Waals surface area contributed by atoms with Crippen molar-refractivity contribution in [1.82, 2.24) is 0 Å². The first kappa shape index (κ1) is 11.9. The van der Waals surface area contributed by atoms with Crippen molar-refractivity contribution < 1.29 is 4.42 Å². The van der Waals surface area contributed by atoms with Crippen LogP contribution >= 0.6 is 0 Å². The molecule has 0 aliphatic rings. The molecular formula is C19H12O2. The summed E-state index contributed by atoms with van der Waals surface area (Å²) in [5.74, 6) is 0. The number of rotatable bonds is 1. The maximum atomic E-state index is 12.2. The van der Waals surface area contributed by atoms with E-state index in [0.717, 1.165) is 21.7 Å². The Bertz CT molecular complexity index is 1040. The van der Waals surface area contributed by atoms with Gasteiger partial charge in [0.15, 0.2) is 0 Å². The van der Waals surface area contributed by atoms with E-state index < -0.39 is 0 Å². The van der Waals surface area contributed by atoms with E-state index in [9.17, 15) is 4.79 Å². The highest BCUT2D eigenvalue weighted by Gasteiger charge is 2.08. The molecule has 0 atom stereocenters. The van der Waals surface area contributed by atoms with Crippen molar-refractivity contribution in [2.24, 2.45) is 0 Å². The van der Waals surface area contributed by atoms with Gasteiger partial charge in [-0.1, -0.05) is 60.7 Å². The first-order valence-corrected chi connectivity index (χ1v) is 6.84. The fourth-order valence-electron chi connectivity index (χ4n) is 2.73. The highest BCUT2D eigenvalue weighted by Crippen LogP contribution is 2.21. The first-order valence-electron chi connectivity index (χ1n) is 6.84. The molecule has 4 aromatic rings. The maximum absolute atomic E-state index is 12.2. The van der Waals surface area contributed by atoms with Crippen molar-refractivity contribution >= 4 is 27.6 Å². The Kier molecular flexibility index (Phi) is 2.61. The molecule has 3 aromatic carbocycles. The molecule has 2 heteroatoms. The molecule has 0 saturated heterocycles. The standard InChI is InChI=1S/C19H12O2/c20-19-16-11-5-9-14-8-4-10-15(18(14)16)17(21-19)12-13-6-2-1-3-7-13/h1-12H/b17-12+. The van der Waals surface area contributed by atoms with Crippen LogP contribution < -0.4 is 11.0 Å². The topological polar surface area (TPSA) is 30.2 Å². The van der Waals surface area contributed by atoms with Gasteiger partial charge in [0.2, 0.25) is 0 Å². The van der Waals surface area contributed by atoms with Crippen LogP contribution in [0.4, 0.5) is 0 Å². The summed E-state index contributed by atoms with van der Waals surface area (Å²) in [4.78, 5) is 12.2. The highest BCUT2D eigenvalue weighted by atomic mass is 16.4. The smallest absolute Gasteiger partial charge is 0.344 e. The first-order chi connectivity index (χ1) is 10.3. The van der Waals surface area contributed by atoms with Gasteiger partial charge in [-0.25, -0.2) is 4.79 Å². The molecule has 0 amide bonds. The van der Waals surface area contributed by atoms with E-state index in [0.29, 0.717) is 10.8 Å². The van der Waals surface area contributed by atoms with Crippen molar-refractivity contribution in [1.29, 1.82) is 0 Å². The molecule has 0 bridgehead atoms. The zero-order valence-corrected chi connectivity index (χ0v) is 11.2. The van der Waals surface area contributed by atoms with Crippen molar-refractivity contribution in [3.05, 3.63) is 88.1 Å². The summed E-state index contributed by atoms with van der Waals surface area (Å²) in [5.41, 5.74) is 1.33. The zero-order chi connectivity index (χ0) is 14.2. The summed E-state index contributed by atoms with van der Waals surface area (Å²) in [7, 11) is 0. The van der Waals surface area contributed by atoms with E-state index >= 15 is 0 Å². The van der Waals surface area contributed by atoms with Crippen molar-refractivity contribution in [3.8, 4) is 0 Å². The minimum Gasteiger partial charge on any atom is -0.422 e. The lowest BCUT2D eigenvalue weighted by Crippen LogP contribution is -2.13. The highest BCUT2D eigenvalue weighted by molar-refractivity contribution is 6.09. The molecule has 0 aliphatic carbocycles. The van der Waals surface area contributed by atoms with Gasteiger partial charge >= 0.3 is 5.63 Å². The minimum absolute atomic E-state index is 0.290. The predicted octanol–water partition coefficient (Wildman–Crippen LogP) is 3.49. The van der Waals surface area contributed by atoms with E-state index in [1.54, 1.807) is 0 Å². The third kappa shape index (κ3) is 1.93. The number of hydrogen-bond donors (Lipinski definition) is 0. The normalized spacial score (nSPS) is 12.3. The monoisotopic (exact) mass is 272 g/mol. The van der Waals surface area contributed by atoms with Crippen molar-refractivity contribution in [3.63, 3.8) is 0 Å². The van der Waals surface area contributed by atoms with Gasteiger partial charge in [-0.3, -0.25) is 0 Å². The molecule has 0 unspecified atom stereocenters. The lowest BCUT2D eigenvalue weighted by atomic mass is 10.0. The number of hydrogen-bond acceptors (Lipinski definition) is 2. The lowest BCUT2D eigenvalue weighted by Gasteiger charge is -2.04. The Hall–Kier alpha value is -2.87. The van der Waals surface area contributed by atoms with Crippen LogP contribution in [0.5, 0.6) is 0 Å². The predicted molar refractivity (Wildman–Crippen MR) is 85.2 cm³/mol. The molecule has 0 aliphatic heterocycles. The third-order valence-corrected chi connectivity index (χ3v) is 3.69. The summed E-state index contributed by atoms with van der Waals surface area (Å²) in [6, 6.07) is 21.6. The van der Waals surface area contributed by atoms with Crippen LogP contribution in [-0.4, -0.2) is 0 Å². The lowest BCUT2D eigenvalue weighted by molar-refractivity contribution is 0.493. The maximum Gasteiger partial charge on any atom is 0.344 e. The van der Waals surface area contributed by atoms with E-state index in [1.807, 2.05) is 72.8 Å². The second-order valence-electron chi connectivity index (χ2n) is 5.02. The van der Waals surface area contributed by atoms with E-state index in [2.05, 4.69) is 0 Å². The quantitative estimate of drug-likeness (QED) is 0.531. The Morgan fingerprint density at radius 3 is 2.24 bits per heavy atom. The molecule has 21 heavy (non-hydrogen) atoms. The van der Waals surface area contributed by atoms with Crippen molar-refractivity contribution in [2.45, 2.75) is 0 Å². The Balaban J connectivity index is 2.19. The van der Waals surface area contributed by atoms with E-state index in [4.69, 9.17) is 4.42 Å². The van der Waals surface area contributed by atoms with E-state index in [1.165, 1.54) is 0 Å². The SMILES string of the molecule is O=c1o/c(=C/c2ccccc2)c2cccc3cccc1c32. The van der Waals surface area contributed by atoms with Gasteiger partial charge < -0.3 is 4.42 Å². The number of benzene rings is 3. The molecule has 0 radical (unpaired) electrons. The minimum atomic E-state index is -0.290. The molecule has 0 spiro atoms. The summed E-state index contributed by atoms with van der Waals surface area (Å²) in [6.45, 7) is 0. The van der Waals surface area contributed by atoms with Crippen molar-refractivity contribution in [2.75, 3.05) is 0 Å². The Labute approximate surface area is 120 Å². The molecule has 0 N–H and O–H groups in total. The summed E-state index contributed by atoms with van der Waals surface area (Å²) in [5, 5.41) is 3.62. The molecule has 4 rings (SSSR count). The average Bonchev–Trinajstić information content (AvgIpc) is 2.53. The second-order valence-corrected chi connectivity index (χ2v) is 5.02. The van der Waals surface area contributed by atoms with Gasteiger partial charge in [-0.05, 0) is 23.1 Å². The van der Waals surface area contributed by atoms with Crippen LogP contribution in [0.2, 0.25) is 0 Å². The van der Waals surface area contributed by atoms with Crippen LogP contribution in [-0.2, 0) is 0 Å². The average molecular weight is 272 g/mol. The molecule has 0 fully saturated rings. The Morgan fingerprint density at radius 1 is 0.762 bits per heavy atom. The van der Waals surface area contributed by atoms with Gasteiger partial charge in [-0.2, -0.15) is 0 Å². The molecule has 2 nitrogen and oxygen atoms in total. The fourth-order valence-corrected chi connectivity index (χ4v) is 2.73. The van der Waals surface area contributed by atoms with Crippen LogP contribution in [0, 0.1) is 0 Å². The van der Waals surface area contributed by atoms with Gasteiger partial charge in [-0.15, -0.1) is 0 Å². The molecule has 0 saturated carbocycles. The summed E-state index contributed by atoms with van der Waals surface area (Å²) < 4.78 is 5.53. The van der Waals surface area contributed by atoms with E-state index in [-0.39, 0.29) is 5.63 Å². The van der Waals surface area contributed by atoms with Gasteiger partial charge in [0.05, 0.1) is 5.39 Å². The van der Waals surface area contributed by atoms with Crippen LogP contribution in [0.1, 0.15) is 5.56 Å². The van der Waals surface area contributed by atoms with Crippen LogP contribution in [0.25, 0.3) is 27.6 Å². The summed E-state index contributed by atoms with van der Waals surface area (Å²) in [6.07, 6.45) is 1.91. The van der Waals surface area contributed by atoms with Gasteiger partial charge in [0.25, 0.3) is 0 Å². The fraction of sp³-hybridized carbons (Fsp3) is 0. The van der Waals surface area contributed by atoms with Gasteiger partial charge in [0.1, 0.15) is 5.42 Å². The summed E-state index contributed by atoms with van der Waals surface area (Å²) >= 11 is 0. The second kappa shape index (κ2) is 4.60. The van der Waals surface area contributed by atoms with Gasteiger partial charge in [0, 0.05) is 10.8 Å². The molecule has 100 valence electrons. The van der Waals surface area contributed by atoms with Crippen LogP contribution in [0.15, 0.2) is 75.9 Å². The van der Waals surface area contributed by atoms with Crippen LogP contribution in [0.3, 0.4) is 0 Å².